The third kappa shape index (κ3) is 3.22. The Kier molecular flexibility index (Phi) is 3.97. The summed E-state index contributed by atoms with van der Waals surface area (Å²) in [5, 5.41) is 2.50. The van der Waals surface area contributed by atoms with E-state index in [9.17, 15) is 9.59 Å². The number of nitrogens with one attached hydrogen (secondary N) is 1. The molecule has 5 nitrogen and oxygen atoms in total. The molecule has 0 aliphatic heterocycles. The van der Waals surface area contributed by atoms with Crippen LogP contribution in [0, 0.1) is 0 Å². The minimum atomic E-state index is -0.480. The molecule has 0 atom stereocenters. The Morgan fingerprint density at radius 1 is 1.26 bits per heavy atom. The lowest BCUT2D eigenvalue weighted by atomic mass is 10.1. The van der Waals surface area contributed by atoms with Gasteiger partial charge in [0, 0.05) is 18.2 Å². The van der Waals surface area contributed by atoms with Gasteiger partial charge in [0.2, 0.25) is 0 Å². The zero-order valence-corrected chi connectivity index (χ0v) is 10.4. The molecule has 19 heavy (non-hydrogen) atoms. The quantitative estimate of drug-likeness (QED) is 0.853. The van der Waals surface area contributed by atoms with Crippen LogP contribution < -0.4 is 5.32 Å². The molecular formula is C14H13NO4. The number of carbonyl (C=O) groups is 2. The molecular weight excluding hydrogens is 246 g/mol. The molecule has 0 saturated heterocycles. The van der Waals surface area contributed by atoms with E-state index < -0.39 is 5.97 Å². The third-order valence-corrected chi connectivity index (χ3v) is 2.54. The Balaban J connectivity index is 2.04. The van der Waals surface area contributed by atoms with Crippen molar-refractivity contribution in [1.82, 2.24) is 5.32 Å². The maximum Gasteiger partial charge on any atom is 0.338 e. The predicted molar refractivity (Wildman–Crippen MR) is 67.7 cm³/mol. The van der Waals surface area contributed by atoms with E-state index in [1.807, 2.05) is 0 Å². The first-order chi connectivity index (χ1) is 9.20. The summed E-state index contributed by atoms with van der Waals surface area (Å²) >= 11 is 0. The highest BCUT2D eigenvalue weighted by molar-refractivity contribution is 5.97. The van der Waals surface area contributed by atoms with E-state index >= 15 is 0 Å². The van der Waals surface area contributed by atoms with Crippen LogP contribution in [0.2, 0.25) is 0 Å². The molecule has 0 aliphatic rings. The summed E-state index contributed by atoms with van der Waals surface area (Å²) < 4.78 is 9.98. The van der Waals surface area contributed by atoms with Gasteiger partial charge in [-0.15, -0.1) is 0 Å². The van der Waals surface area contributed by atoms with Crippen molar-refractivity contribution in [2.45, 2.75) is 6.61 Å². The molecule has 2 aromatic rings. The smallest absolute Gasteiger partial charge is 0.338 e. The van der Waals surface area contributed by atoms with E-state index in [4.69, 9.17) is 9.15 Å². The van der Waals surface area contributed by atoms with Crippen molar-refractivity contribution in [2.75, 3.05) is 7.05 Å². The molecule has 98 valence electrons. The summed E-state index contributed by atoms with van der Waals surface area (Å²) in [5.74, 6) is -0.726. The molecule has 5 heteroatoms. The van der Waals surface area contributed by atoms with E-state index in [0.29, 0.717) is 11.1 Å². The van der Waals surface area contributed by atoms with Crippen LogP contribution >= 0.6 is 0 Å². The van der Waals surface area contributed by atoms with Gasteiger partial charge < -0.3 is 14.5 Å². The van der Waals surface area contributed by atoms with Crippen molar-refractivity contribution in [3.05, 3.63) is 59.5 Å². The summed E-state index contributed by atoms with van der Waals surface area (Å²) in [6.07, 6.45) is 3.02. The van der Waals surface area contributed by atoms with Gasteiger partial charge in [-0.1, -0.05) is 6.07 Å². The maximum absolute atomic E-state index is 11.8. The standard InChI is InChI=1S/C14H13NO4/c1-15-13(16)11-3-2-4-12(7-11)14(17)19-9-10-5-6-18-8-10/h2-8H,9H2,1H3,(H,15,16). The molecule has 1 heterocycles. The lowest BCUT2D eigenvalue weighted by molar-refractivity contribution is 0.0472. The minimum Gasteiger partial charge on any atom is -0.472 e. The van der Waals surface area contributed by atoms with Crippen LogP contribution in [0.4, 0.5) is 0 Å². The summed E-state index contributed by atoms with van der Waals surface area (Å²) in [4.78, 5) is 23.3. The number of esters is 1. The molecule has 0 fully saturated rings. The second-order valence-electron chi connectivity index (χ2n) is 3.87. The van der Waals surface area contributed by atoms with Gasteiger partial charge in [-0.25, -0.2) is 4.79 Å². The van der Waals surface area contributed by atoms with E-state index in [1.165, 1.54) is 25.6 Å². The first-order valence-corrected chi connectivity index (χ1v) is 5.71. The molecule has 0 radical (unpaired) electrons. The molecule has 0 bridgehead atoms. The van der Waals surface area contributed by atoms with Gasteiger partial charge in [0.1, 0.15) is 6.61 Å². The van der Waals surface area contributed by atoms with Crippen molar-refractivity contribution >= 4 is 11.9 Å². The maximum atomic E-state index is 11.8. The molecule has 0 spiro atoms. The minimum absolute atomic E-state index is 0.138. The van der Waals surface area contributed by atoms with Crippen molar-refractivity contribution in [2.24, 2.45) is 0 Å². The average Bonchev–Trinajstić information content (AvgIpc) is 2.97. The number of benzene rings is 1. The molecule has 0 aliphatic carbocycles. The fourth-order valence-electron chi connectivity index (χ4n) is 1.54. The van der Waals surface area contributed by atoms with Crippen LogP contribution in [0.1, 0.15) is 26.3 Å². The topological polar surface area (TPSA) is 68.5 Å². The molecule has 1 N–H and O–H groups in total. The van der Waals surface area contributed by atoms with Crippen molar-refractivity contribution in [3.8, 4) is 0 Å². The first kappa shape index (κ1) is 12.9. The third-order valence-electron chi connectivity index (χ3n) is 2.54. The van der Waals surface area contributed by atoms with Gasteiger partial charge in [0.25, 0.3) is 5.91 Å². The Labute approximate surface area is 110 Å². The van der Waals surface area contributed by atoms with Gasteiger partial charge in [0.15, 0.2) is 0 Å². The van der Waals surface area contributed by atoms with Crippen molar-refractivity contribution in [3.63, 3.8) is 0 Å². The fraction of sp³-hybridized carbons (Fsp3) is 0.143. The molecule has 0 unspecified atom stereocenters. The van der Waals surface area contributed by atoms with E-state index in [0.717, 1.165) is 5.56 Å². The Morgan fingerprint density at radius 3 is 2.74 bits per heavy atom. The highest BCUT2D eigenvalue weighted by Crippen LogP contribution is 2.09. The normalized spacial score (nSPS) is 9.95. The van der Waals surface area contributed by atoms with Gasteiger partial charge in [-0.3, -0.25) is 4.79 Å². The number of hydrogen-bond donors (Lipinski definition) is 1. The van der Waals surface area contributed by atoms with Crippen LogP contribution in [-0.4, -0.2) is 18.9 Å². The summed E-state index contributed by atoms with van der Waals surface area (Å²) in [7, 11) is 1.53. The second-order valence-corrected chi connectivity index (χ2v) is 3.87. The molecule has 1 amide bonds. The molecule has 1 aromatic heterocycles. The first-order valence-electron chi connectivity index (χ1n) is 5.71. The monoisotopic (exact) mass is 259 g/mol. The van der Waals surface area contributed by atoms with E-state index in [-0.39, 0.29) is 12.5 Å². The van der Waals surface area contributed by atoms with Gasteiger partial charge in [-0.2, -0.15) is 0 Å². The zero-order valence-electron chi connectivity index (χ0n) is 10.4. The fourth-order valence-corrected chi connectivity index (χ4v) is 1.54. The number of rotatable bonds is 4. The highest BCUT2D eigenvalue weighted by atomic mass is 16.5. The van der Waals surface area contributed by atoms with E-state index in [1.54, 1.807) is 24.3 Å². The predicted octanol–water partition coefficient (Wildman–Crippen LogP) is 2.00. The second kappa shape index (κ2) is 5.86. The Hall–Kier alpha value is -2.56. The zero-order chi connectivity index (χ0) is 13.7. The van der Waals surface area contributed by atoms with Gasteiger partial charge in [-0.05, 0) is 24.3 Å². The lowest BCUT2D eigenvalue weighted by Crippen LogP contribution is -2.18. The number of carbonyl (C=O) groups excluding carboxylic acids is 2. The van der Waals surface area contributed by atoms with Gasteiger partial charge >= 0.3 is 5.97 Å². The number of furan rings is 1. The average molecular weight is 259 g/mol. The Morgan fingerprint density at radius 2 is 2.05 bits per heavy atom. The summed E-state index contributed by atoms with van der Waals surface area (Å²) in [5.41, 5.74) is 1.53. The SMILES string of the molecule is CNC(=O)c1cccc(C(=O)OCc2ccoc2)c1. The van der Waals surface area contributed by atoms with Gasteiger partial charge in [0.05, 0.1) is 18.1 Å². The van der Waals surface area contributed by atoms with Crippen LogP contribution in [0.25, 0.3) is 0 Å². The summed E-state index contributed by atoms with van der Waals surface area (Å²) in [6, 6.07) is 8.08. The number of ether oxygens (including phenoxy) is 1. The molecule has 1 aromatic carbocycles. The van der Waals surface area contributed by atoms with Crippen LogP contribution in [0.5, 0.6) is 0 Å². The number of hydrogen-bond acceptors (Lipinski definition) is 4. The largest absolute Gasteiger partial charge is 0.472 e. The van der Waals surface area contributed by atoms with Crippen LogP contribution in [0.15, 0.2) is 47.3 Å². The summed E-state index contributed by atoms with van der Waals surface area (Å²) in [6.45, 7) is 0.138. The molecule has 2 rings (SSSR count). The lowest BCUT2D eigenvalue weighted by Gasteiger charge is -2.05. The van der Waals surface area contributed by atoms with Crippen LogP contribution in [0.3, 0.4) is 0 Å². The molecule has 0 saturated carbocycles. The van der Waals surface area contributed by atoms with Crippen molar-refractivity contribution < 1.29 is 18.7 Å². The number of amides is 1. The highest BCUT2D eigenvalue weighted by Gasteiger charge is 2.11. The Bertz CT molecular complexity index is 575. The van der Waals surface area contributed by atoms with Crippen molar-refractivity contribution in [1.29, 1.82) is 0 Å². The van der Waals surface area contributed by atoms with Crippen LogP contribution in [-0.2, 0) is 11.3 Å². The van der Waals surface area contributed by atoms with E-state index in [2.05, 4.69) is 5.32 Å².